The third-order valence-corrected chi connectivity index (χ3v) is 5.50. The summed E-state index contributed by atoms with van der Waals surface area (Å²) in [6.45, 7) is 4.76. The molecule has 146 valence electrons. The van der Waals surface area contributed by atoms with E-state index in [2.05, 4.69) is 24.2 Å². The van der Waals surface area contributed by atoms with E-state index < -0.39 is 17.3 Å². The minimum atomic E-state index is -0.625. The number of hydrogen-bond donors (Lipinski definition) is 2. The fraction of sp³-hybridized carbons (Fsp3) is 0.333. The topological polar surface area (TPSA) is 76.7 Å². The van der Waals surface area contributed by atoms with Crippen molar-refractivity contribution in [3.63, 3.8) is 0 Å². The Hall–Kier alpha value is -2.60. The Morgan fingerprint density at radius 1 is 1.29 bits per heavy atom. The molecule has 4 rings (SSSR count). The van der Waals surface area contributed by atoms with Crippen LogP contribution in [0.1, 0.15) is 41.8 Å². The van der Waals surface area contributed by atoms with Crippen LogP contribution in [0.15, 0.2) is 41.4 Å². The lowest BCUT2D eigenvalue weighted by molar-refractivity contribution is 0.102. The lowest BCUT2D eigenvalue weighted by Crippen LogP contribution is -2.39. The first kappa shape index (κ1) is 18.7. The van der Waals surface area contributed by atoms with Crippen molar-refractivity contribution in [2.24, 2.45) is 16.1 Å². The highest BCUT2D eigenvalue weighted by Gasteiger charge is 2.47. The average Bonchev–Trinajstić information content (AvgIpc) is 2.97. The lowest BCUT2D eigenvalue weighted by atomic mass is 9.65. The monoisotopic (exact) mass is 401 g/mol. The molecular weight excluding hydrogens is 381 g/mol. The van der Waals surface area contributed by atoms with E-state index in [1.54, 1.807) is 0 Å². The van der Waals surface area contributed by atoms with E-state index in [0.717, 1.165) is 24.0 Å². The van der Waals surface area contributed by atoms with Crippen molar-refractivity contribution in [3.8, 4) is 0 Å². The third kappa shape index (κ3) is 3.33. The summed E-state index contributed by atoms with van der Waals surface area (Å²) in [6.07, 6.45) is 1.67. The fourth-order valence-corrected chi connectivity index (χ4v) is 4.45. The van der Waals surface area contributed by atoms with E-state index in [0.29, 0.717) is 17.3 Å². The van der Waals surface area contributed by atoms with Gasteiger partial charge in [-0.05, 0) is 59.7 Å². The number of nitrogens with two attached hydrogens (primary N) is 1. The third-order valence-electron chi connectivity index (χ3n) is 5.27. The number of carbonyl (C=O) groups excluding carboxylic acids is 1. The zero-order valence-corrected chi connectivity index (χ0v) is 16.4. The largest absolute Gasteiger partial charge is 0.462 e. The molecule has 1 amide bonds. The van der Waals surface area contributed by atoms with E-state index in [4.69, 9.17) is 22.1 Å². The molecule has 0 fully saturated rings. The Balaban J connectivity index is 1.70. The fourth-order valence-electron chi connectivity index (χ4n) is 4.27. The summed E-state index contributed by atoms with van der Waals surface area (Å²) in [5.41, 5.74) is 7.87. The highest BCUT2D eigenvalue weighted by molar-refractivity contribution is 6.31. The SMILES string of the molecule is CC1(C)Cc2ccc(NC(=O)c3cc(Cl)ccc3F)cc2C2(COC(N)=N2)C1. The molecule has 2 aliphatic rings. The predicted molar refractivity (Wildman–Crippen MR) is 107 cm³/mol. The van der Waals surface area contributed by atoms with Crippen molar-refractivity contribution in [3.05, 3.63) is 63.9 Å². The highest BCUT2D eigenvalue weighted by atomic mass is 35.5. The van der Waals surface area contributed by atoms with E-state index in [1.807, 2.05) is 18.2 Å². The minimum absolute atomic E-state index is 0.0408. The number of hydrogen-bond acceptors (Lipinski definition) is 4. The number of amides is 1. The molecule has 0 saturated carbocycles. The maximum Gasteiger partial charge on any atom is 0.283 e. The number of amidine groups is 1. The van der Waals surface area contributed by atoms with Crippen LogP contribution in [0.25, 0.3) is 0 Å². The van der Waals surface area contributed by atoms with Crippen molar-refractivity contribution in [1.29, 1.82) is 0 Å². The molecule has 0 bridgehead atoms. The first-order valence-corrected chi connectivity index (χ1v) is 9.43. The first-order chi connectivity index (χ1) is 13.2. The van der Waals surface area contributed by atoms with E-state index in [-0.39, 0.29) is 17.0 Å². The summed E-state index contributed by atoms with van der Waals surface area (Å²) in [7, 11) is 0. The Bertz CT molecular complexity index is 1010. The Morgan fingerprint density at radius 2 is 2.07 bits per heavy atom. The molecule has 1 heterocycles. The summed E-state index contributed by atoms with van der Waals surface area (Å²) < 4.78 is 19.5. The van der Waals surface area contributed by atoms with Crippen molar-refractivity contribution in [2.45, 2.75) is 32.2 Å². The molecule has 28 heavy (non-hydrogen) atoms. The van der Waals surface area contributed by atoms with Gasteiger partial charge in [-0.15, -0.1) is 0 Å². The van der Waals surface area contributed by atoms with Gasteiger partial charge in [-0.1, -0.05) is 31.5 Å². The van der Waals surface area contributed by atoms with Crippen molar-refractivity contribution >= 4 is 29.2 Å². The van der Waals surface area contributed by atoms with E-state index in [1.165, 1.54) is 18.2 Å². The number of halogens is 2. The normalized spacial score (nSPS) is 22.4. The van der Waals surface area contributed by atoms with Gasteiger partial charge >= 0.3 is 0 Å². The maximum absolute atomic E-state index is 14.0. The zero-order valence-electron chi connectivity index (χ0n) is 15.7. The number of aliphatic imine (C=N–C) groups is 1. The molecular formula is C21H21ClFN3O2. The zero-order chi connectivity index (χ0) is 20.1. The minimum Gasteiger partial charge on any atom is -0.462 e. The number of fused-ring (bicyclic) bond motifs is 2. The predicted octanol–water partition coefficient (Wildman–Crippen LogP) is 4.24. The van der Waals surface area contributed by atoms with Gasteiger partial charge in [-0.25, -0.2) is 9.38 Å². The molecule has 1 aliphatic heterocycles. The maximum atomic E-state index is 14.0. The Morgan fingerprint density at radius 3 is 2.79 bits per heavy atom. The number of carbonyl (C=O) groups is 1. The van der Waals surface area contributed by atoms with Gasteiger partial charge in [0, 0.05) is 10.7 Å². The van der Waals surface area contributed by atoms with E-state index >= 15 is 0 Å². The molecule has 1 unspecified atom stereocenters. The molecule has 3 N–H and O–H groups in total. The molecule has 0 radical (unpaired) electrons. The van der Waals surface area contributed by atoms with Crippen LogP contribution in [0.3, 0.4) is 0 Å². The molecule has 7 heteroatoms. The average molecular weight is 402 g/mol. The summed E-state index contributed by atoms with van der Waals surface area (Å²) in [5.74, 6) is -1.18. The highest BCUT2D eigenvalue weighted by Crippen LogP contribution is 2.49. The molecule has 1 aliphatic carbocycles. The van der Waals surface area contributed by atoms with Crippen LogP contribution >= 0.6 is 11.6 Å². The van der Waals surface area contributed by atoms with Crippen molar-refractivity contribution < 1.29 is 13.9 Å². The summed E-state index contributed by atoms with van der Waals surface area (Å²) in [5, 5.41) is 3.05. The van der Waals surface area contributed by atoms with Crippen LogP contribution < -0.4 is 11.1 Å². The quantitative estimate of drug-likeness (QED) is 0.790. The molecule has 1 spiro atoms. The van der Waals surface area contributed by atoms with Crippen LogP contribution in [-0.2, 0) is 16.7 Å². The number of nitrogens with one attached hydrogen (secondary N) is 1. The van der Waals surface area contributed by atoms with E-state index in [9.17, 15) is 9.18 Å². The summed E-state index contributed by atoms with van der Waals surface area (Å²) in [4.78, 5) is 17.1. The smallest absolute Gasteiger partial charge is 0.283 e. The van der Waals surface area contributed by atoms with Gasteiger partial charge in [0.05, 0.1) is 5.56 Å². The molecule has 2 aromatic carbocycles. The van der Waals surface area contributed by atoms with Gasteiger partial charge in [0.25, 0.3) is 11.9 Å². The Labute approximate surface area is 167 Å². The standard InChI is InChI=1S/C21H21ClFN3O2/c1-20(2)9-12-3-5-14(8-16(12)21(10-20)11-28-19(24)26-21)25-18(27)15-7-13(22)4-6-17(15)23/h3-8H,9-11H2,1-2H3,(H2,24,26)(H,25,27). The van der Waals surface area contributed by atoms with Gasteiger partial charge < -0.3 is 15.8 Å². The van der Waals surface area contributed by atoms with Crippen LogP contribution in [0.4, 0.5) is 10.1 Å². The Kier molecular flexibility index (Phi) is 4.34. The first-order valence-electron chi connectivity index (χ1n) is 9.05. The second-order valence-electron chi connectivity index (χ2n) is 8.24. The van der Waals surface area contributed by atoms with Crippen LogP contribution in [0.2, 0.25) is 5.02 Å². The van der Waals surface area contributed by atoms with Gasteiger partial charge in [-0.2, -0.15) is 0 Å². The summed E-state index contributed by atoms with van der Waals surface area (Å²) >= 11 is 5.89. The number of rotatable bonds is 2. The van der Waals surface area contributed by atoms with Crippen molar-refractivity contribution in [2.75, 3.05) is 11.9 Å². The second-order valence-corrected chi connectivity index (χ2v) is 8.67. The summed E-state index contributed by atoms with van der Waals surface area (Å²) in [6, 6.07) is 9.75. The van der Waals surface area contributed by atoms with Gasteiger partial charge in [-0.3, -0.25) is 4.79 Å². The molecule has 1 atom stereocenters. The lowest BCUT2D eigenvalue weighted by Gasteiger charge is -2.41. The number of nitrogens with zero attached hydrogens (tertiary/aromatic N) is 1. The molecule has 0 saturated heterocycles. The second kappa shape index (κ2) is 6.48. The van der Waals surface area contributed by atoms with Crippen LogP contribution in [-0.4, -0.2) is 18.5 Å². The molecule has 2 aromatic rings. The number of ether oxygens (including phenoxy) is 1. The molecule has 5 nitrogen and oxygen atoms in total. The van der Waals surface area contributed by atoms with Crippen LogP contribution in [0.5, 0.6) is 0 Å². The van der Waals surface area contributed by atoms with Gasteiger partial charge in [0.2, 0.25) is 0 Å². The number of anilines is 1. The van der Waals surface area contributed by atoms with Crippen molar-refractivity contribution in [1.82, 2.24) is 0 Å². The van der Waals surface area contributed by atoms with Gasteiger partial charge in [0.15, 0.2) is 0 Å². The molecule has 0 aromatic heterocycles. The van der Waals surface area contributed by atoms with Crippen LogP contribution in [0, 0.1) is 11.2 Å². The van der Waals surface area contributed by atoms with Gasteiger partial charge in [0.1, 0.15) is 18.0 Å². The number of benzene rings is 2.